The Balaban J connectivity index is 2.99. The van der Waals surface area contributed by atoms with E-state index in [1.807, 2.05) is 11.0 Å². The van der Waals surface area contributed by atoms with Crippen molar-refractivity contribution in [2.24, 2.45) is 5.73 Å². The number of aromatic nitrogens is 1. The molecule has 1 aromatic heterocycles. The molecule has 0 bridgehead atoms. The van der Waals surface area contributed by atoms with Crippen LogP contribution in [0, 0.1) is 0 Å². The van der Waals surface area contributed by atoms with E-state index in [1.165, 1.54) is 0 Å². The molecule has 2 N–H and O–H groups in total. The average Bonchev–Trinajstić information content (AvgIpc) is 2.29. The SMILES string of the molecule is C=CCN(CC=C)c1ncc(CN)cc1Cl. The summed E-state index contributed by atoms with van der Waals surface area (Å²) in [7, 11) is 0. The molecule has 0 radical (unpaired) electrons. The number of hydrogen-bond donors (Lipinski definition) is 1. The van der Waals surface area contributed by atoms with Gasteiger partial charge >= 0.3 is 0 Å². The smallest absolute Gasteiger partial charge is 0.147 e. The van der Waals surface area contributed by atoms with Crippen molar-refractivity contribution in [3.8, 4) is 0 Å². The second-order valence-corrected chi connectivity index (χ2v) is 3.74. The summed E-state index contributed by atoms with van der Waals surface area (Å²) in [4.78, 5) is 6.29. The number of anilines is 1. The lowest BCUT2D eigenvalue weighted by atomic mass is 10.2. The molecule has 0 aliphatic heterocycles. The zero-order valence-electron chi connectivity index (χ0n) is 9.19. The van der Waals surface area contributed by atoms with E-state index in [9.17, 15) is 0 Å². The van der Waals surface area contributed by atoms with E-state index in [0.29, 0.717) is 24.7 Å². The highest BCUT2D eigenvalue weighted by Gasteiger charge is 2.09. The molecular formula is C12H16ClN3. The molecule has 86 valence electrons. The summed E-state index contributed by atoms with van der Waals surface area (Å²) in [5, 5.41) is 0.603. The maximum absolute atomic E-state index is 6.15. The molecule has 0 saturated heterocycles. The van der Waals surface area contributed by atoms with Crippen LogP contribution < -0.4 is 10.6 Å². The molecule has 0 aliphatic carbocycles. The summed E-state index contributed by atoms with van der Waals surface area (Å²) in [6, 6.07) is 1.84. The third-order valence-electron chi connectivity index (χ3n) is 2.11. The lowest BCUT2D eigenvalue weighted by Gasteiger charge is -2.21. The summed E-state index contributed by atoms with van der Waals surface area (Å²) in [5.74, 6) is 0.735. The molecular weight excluding hydrogens is 222 g/mol. The van der Waals surface area contributed by atoms with E-state index >= 15 is 0 Å². The second kappa shape index (κ2) is 6.30. The van der Waals surface area contributed by atoms with Crippen LogP contribution in [0.2, 0.25) is 5.02 Å². The molecule has 0 saturated carbocycles. The van der Waals surface area contributed by atoms with Gasteiger partial charge in [0.25, 0.3) is 0 Å². The fourth-order valence-electron chi connectivity index (χ4n) is 1.37. The van der Waals surface area contributed by atoms with E-state index in [1.54, 1.807) is 18.3 Å². The Hall–Kier alpha value is -1.32. The molecule has 1 heterocycles. The number of pyridine rings is 1. The summed E-state index contributed by atoms with van der Waals surface area (Å²) in [6.45, 7) is 9.21. The molecule has 3 nitrogen and oxygen atoms in total. The van der Waals surface area contributed by atoms with Gasteiger partial charge in [-0.2, -0.15) is 0 Å². The van der Waals surface area contributed by atoms with E-state index in [0.717, 1.165) is 11.4 Å². The number of nitrogens with two attached hydrogens (primary N) is 1. The van der Waals surface area contributed by atoms with Gasteiger partial charge in [0.05, 0.1) is 5.02 Å². The number of rotatable bonds is 6. The Bertz CT molecular complexity index is 367. The monoisotopic (exact) mass is 237 g/mol. The molecule has 1 aromatic rings. The van der Waals surface area contributed by atoms with Crippen molar-refractivity contribution in [2.75, 3.05) is 18.0 Å². The first-order valence-corrected chi connectivity index (χ1v) is 5.42. The summed E-state index contributed by atoms with van der Waals surface area (Å²) < 4.78 is 0. The molecule has 0 spiro atoms. The first-order chi connectivity index (χ1) is 7.72. The van der Waals surface area contributed by atoms with Crippen LogP contribution in [0.1, 0.15) is 5.56 Å². The molecule has 4 heteroatoms. The summed E-state index contributed by atoms with van der Waals surface area (Å²) in [6.07, 6.45) is 5.34. The third-order valence-corrected chi connectivity index (χ3v) is 2.39. The Morgan fingerprint density at radius 3 is 2.44 bits per heavy atom. The highest BCUT2D eigenvalue weighted by atomic mass is 35.5. The molecule has 1 rings (SSSR count). The standard InChI is InChI=1S/C12H16ClN3/c1-3-5-16(6-4-2)12-11(13)7-10(8-14)9-15-12/h3-4,7,9H,1-2,5-6,8,14H2. The third kappa shape index (κ3) is 3.08. The highest BCUT2D eigenvalue weighted by Crippen LogP contribution is 2.23. The quantitative estimate of drug-likeness (QED) is 0.773. The summed E-state index contributed by atoms with van der Waals surface area (Å²) in [5.41, 5.74) is 6.44. The molecule has 16 heavy (non-hydrogen) atoms. The first-order valence-electron chi connectivity index (χ1n) is 5.04. The normalized spacial score (nSPS) is 9.88. The van der Waals surface area contributed by atoms with Gasteiger partial charge in [-0.15, -0.1) is 13.2 Å². The minimum atomic E-state index is 0.440. The minimum absolute atomic E-state index is 0.440. The van der Waals surface area contributed by atoms with Gasteiger partial charge in [0.2, 0.25) is 0 Å². The van der Waals surface area contributed by atoms with Gasteiger partial charge < -0.3 is 10.6 Å². The van der Waals surface area contributed by atoms with E-state index < -0.39 is 0 Å². The van der Waals surface area contributed by atoms with Crippen molar-refractivity contribution in [3.05, 3.63) is 48.2 Å². The molecule has 0 aliphatic rings. The molecule has 0 unspecified atom stereocenters. The van der Waals surface area contributed by atoms with Crippen LogP contribution in [0.15, 0.2) is 37.6 Å². The van der Waals surface area contributed by atoms with E-state index in [4.69, 9.17) is 17.3 Å². The van der Waals surface area contributed by atoms with Gasteiger partial charge in [-0.25, -0.2) is 4.98 Å². The van der Waals surface area contributed by atoms with E-state index in [2.05, 4.69) is 18.1 Å². The first kappa shape index (κ1) is 12.7. The van der Waals surface area contributed by atoms with Crippen LogP contribution in [0.3, 0.4) is 0 Å². The minimum Gasteiger partial charge on any atom is -0.348 e. The number of nitrogens with zero attached hydrogens (tertiary/aromatic N) is 2. The van der Waals surface area contributed by atoms with Crippen molar-refractivity contribution < 1.29 is 0 Å². The van der Waals surface area contributed by atoms with Crippen LogP contribution >= 0.6 is 11.6 Å². The van der Waals surface area contributed by atoms with Gasteiger partial charge in [0.1, 0.15) is 5.82 Å². The van der Waals surface area contributed by atoms with Crippen molar-refractivity contribution in [3.63, 3.8) is 0 Å². The molecule has 0 fully saturated rings. The Morgan fingerprint density at radius 2 is 2.00 bits per heavy atom. The van der Waals surface area contributed by atoms with Crippen LogP contribution in [-0.4, -0.2) is 18.1 Å². The zero-order valence-corrected chi connectivity index (χ0v) is 9.95. The molecule has 0 aromatic carbocycles. The largest absolute Gasteiger partial charge is 0.348 e. The Kier molecular flexibility index (Phi) is 5.02. The van der Waals surface area contributed by atoms with Crippen molar-refractivity contribution in [1.29, 1.82) is 0 Å². The summed E-state index contributed by atoms with van der Waals surface area (Å²) >= 11 is 6.15. The van der Waals surface area contributed by atoms with Gasteiger partial charge in [0, 0.05) is 25.8 Å². The van der Waals surface area contributed by atoms with Gasteiger partial charge in [-0.05, 0) is 11.6 Å². The van der Waals surface area contributed by atoms with Gasteiger partial charge in [0.15, 0.2) is 0 Å². The van der Waals surface area contributed by atoms with Crippen LogP contribution in [-0.2, 0) is 6.54 Å². The average molecular weight is 238 g/mol. The maximum Gasteiger partial charge on any atom is 0.147 e. The fraction of sp³-hybridized carbons (Fsp3) is 0.250. The van der Waals surface area contributed by atoms with Crippen molar-refractivity contribution in [1.82, 2.24) is 4.98 Å². The van der Waals surface area contributed by atoms with E-state index in [-0.39, 0.29) is 0 Å². The Morgan fingerprint density at radius 1 is 1.38 bits per heavy atom. The van der Waals surface area contributed by atoms with Crippen molar-refractivity contribution >= 4 is 17.4 Å². The Labute approximate surface area is 101 Å². The van der Waals surface area contributed by atoms with Gasteiger partial charge in [-0.3, -0.25) is 0 Å². The topological polar surface area (TPSA) is 42.2 Å². The van der Waals surface area contributed by atoms with Crippen molar-refractivity contribution in [2.45, 2.75) is 6.54 Å². The molecule has 0 amide bonds. The maximum atomic E-state index is 6.15. The predicted molar refractivity (Wildman–Crippen MR) is 69.7 cm³/mol. The zero-order chi connectivity index (χ0) is 12.0. The lowest BCUT2D eigenvalue weighted by molar-refractivity contribution is 0.919. The van der Waals surface area contributed by atoms with Gasteiger partial charge in [-0.1, -0.05) is 23.8 Å². The molecule has 0 atom stereocenters. The number of hydrogen-bond acceptors (Lipinski definition) is 3. The van der Waals surface area contributed by atoms with Crippen LogP contribution in [0.25, 0.3) is 0 Å². The fourth-order valence-corrected chi connectivity index (χ4v) is 1.68. The van der Waals surface area contributed by atoms with Crippen LogP contribution in [0.4, 0.5) is 5.82 Å². The van der Waals surface area contributed by atoms with Crippen LogP contribution in [0.5, 0.6) is 0 Å². The second-order valence-electron chi connectivity index (χ2n) is 3.34. The highest BCUT2D eigenvalue weighted by molar-refractivity contribution is 6.33. The number of halogens is 1. The lowest BCUT2D eigenvalue weighted by Crippen LogP contribution is -2.24. The predicted octanol–water partition coefficient (Wildman–Crippen LogP) is 2.37.